The van der Waals surface area contributed by atoms with Gasteiger partial charge in [0, 0.05) is 27.9 Å². The molecule has 0 saturated carbocycles. The van der Waals surface area contributed by atoms with Crippen LogP contribution in [-0.2, 0) is 17.3 Å². The van der Waals surface area contributed by atoms with Crippen molar-refractivity contribution >= 4 is 17.1 Å². The van der Waals surface area contributed by atoms with Crippen molar-refractivity contribution in [3.05, 3.63) is 281 Å². The van der Waals surface area contributed by atoms with E-state index in [4.69, 9.17) is 4.74 Å². The van der Waals surface area contributed by atoms with Gasteiger partial charge in [-0.3, -0.25) is 0 Å². The van der Waals surface area contributed by atoms with Gasteiger partial charge in [-0.2, -0.15) is 0 Å². The highest BCUT2D eigenvalue weighted by Gasteiger charge is 2.51. The summed E-state index contributed by atoms with van der Waals surface area (Å²) in [5.41, 5.74) is 30.4. The third kappa shape index (κ3) is 5.37. The molecule has 1 heterocycles. The Labute approximate surface area is 426 Å². The third-order valence-electron chi connectivity index (χ3n) is 17.1. The highest BCUT2D eigenvalue weighted by atomic mass is 16.5. The van der Waals surface area contributed by atoms with E-state index in [1.807, 2.05) is 0 Å². The van der Waals surface area contributed by atoms with Gasteiger partial charge in [-0.05, 0) is 154 Å². The zero-order valence-corrected chi connectivity index (χ0v) is 40.6. The number of ether oxygens (including phenoxy) is 1. The largest absolute Gasteiger partial charge is 0.454 e. The molecule has 0 fully saturated rings. The van der Waals surface area contributed by atoms with Crippen molar-refractivity contribution in [3.8, 4) is 89.4 Å². The van der Waals surface area contributed by atoms with Gasteiger partial charge in [0.05, 0.1) is 11.1 Å². The number of para-hydroxylation sites is 2. The monoisotopic (exact) mass is 929 g/mol. The maximum atomic E-state index is 7.33. The molecule has 11 aromatic rings. The predicted octanol–water partition coefficient (Wildman–Crippen LogP) is 18.5. The standard InChI is InChI=1S/C71H47NO/c1-70(2)59-29-13-9-25-53(59)54-37-35-46(42-64(54)70)72(65-32-17-28-56-50-22-7-6-21-49(50)55-26-12-16-33-66(55)73-69(56)65)45-36-39-62-58(41-45)51-23-8-5-20-48(51)52-24-10-14-30-60(52)71(62)61-31-15-11-27-57(61)68-63(71)38-34-44-40-43-18-3-4-19-47(43)67(44)68/h3-39,41-42H,40H2,1-2H3. The van der Waals surface area contributed by atoms with Crippen LogP contribution in [0.4, 0.5) is 17.1 Å². The van der Waals surface area contributed by atoms with Crippen LogP contribution in [0.1, 0.15) is 58.4 Å². The Balaban J connectivity index is 1.00. The van der Waals surface area contributed by atoms with Gasteiger partial charge in [0.2, 0.25) is 0 Å². The van der Waals surface area contributed by atoms with E-state index in [1.54, 1.807) is 0 Å². The second-order valence-corrected chi connectivity index (χ2v) is 21.0. The van der Waals surface area contributed by atoms with E-state index in [-0.39, 0.29) is 5.41 Å². The molecule has 5 aliphatic rings. The minimum absolute atomic E-state index is 0.204. The topological polar surface area (TPSA) is 12.5 Å². The normalized spacial score (nSPS) is 15.8. The summed E-state index contributed by atoms with van der Waals surface area (Å²) in [5, 5.41) is 0. The molecule has 4 aliphatic carbocycles. The van der Waals surface area contributed by atoms with Crippen molar-refractivity contribution in [1.82, 2.24) is 0 Å². The summed E-state index contributed by atoms with van der Waals surface area (Å²) in [6, 6.07) is 88.9. The second kappa shape index (κ2) is 14.8. The summed E-state index contributed by atoms with van der Waals surface area (Å²) in [4.78, 5) is 2.47. The Bertz CT molecular complexity index is 4210. The number of hydrogen-bond donors (Lipinski definition) is 0. The second-order valence-electron chi connectivity index (χ2n) is 21.0. The van der Waals surface area contributed by atoms with Crippen LogP contribution in [0.5, 0.6) is 11.5 Å². The first kappa shape index (κ1) is 40.7. The first-order valence-electron chi connectivity index (χ1n) is 25.7. The van der Waals surface area contributed by atoms with Crippen molar-refractivity contribution in [3.63, 3.8) is 0 Å². The van der Waals surface area contributed by atoms with Crippen LogP contribution in [0.15, 0.2) is 237 Å². The fraction of sp³-hybridized carbons (Fsp3) is 0.0704. The molecule has 2 heteroatoms. The molecule has 0 aromatic heterocycles. The Morgan fingerprint density at radius 2 is 0.836 bits per heavy atom. The van der Waals surface area contributed by atoms with Crippen LogP contribution in [0, 0.1) is 0 Å². The lowest BCUT2D eigenvalue weighted by atomic mass is 9.65. The number of fused-ring (bicyclic) bond motifs is 24. The molecular formula is C71H47NO. The summed E-state index contributed by atoms with van der Waals surface area (Å²) in [7, 11) is 0. The Hall–Kier alpha value is -8.98. The minimum atomic E-state index is -0.628. The van der Waals surface area contributed by atoms with Gasteiger partial charge >= 0.3 is 0 Å². The van der Waals surface area contributed by atoms with Crippen molar-refractivity contribution in [2.45, 2.75) is 31.1 Å². The van der Waals surface area contributed by atoms with Gasteiger partial charge in [0.1, 0.15) is 5.75 Å². The molecule has 73 heavy (non-hydrogen) atoms. The molecule has 0 bridgehead atoms. The number of hydrogen-bond acceptors (Lipinski definition) is 2. The van der Waals surface area contributed by atoms with Crippen LogP contribution < -0.4 is 9.64 Å². The highest BCUT2D eigenvalue weighted by molar-refractivity contribution is 6.04. The average molecular weight is 930 g/mol. The summed E-state index contributed by atoms with van der Waals surface area (Å²) in [5.74, 6) is 1.67. The molecule has 1 unspecified atom stereocenters. The fourth-order valence-corrected chi connectivity index (χ4v) is 14.1. The van der Waals surface area contributed by atoms with Gasteiger partial charge in [-0.1, -0.05) is 214 Å². The zero-order chi connectivity index (χ0) is 48.2. The lowest BCUT2D eigenvalue weighted by Gasteiger charge is -2.36. The Kier molecular flexibility index (Phi) is 8.25. The van der Waals surface area contributed by atoms with Crippen LogP contribution in [0.25, 0.3) is 77.9 Å². The van der Waals surface area contributed by atoms with E-state index in [0.717, 1.165) is 57.2 Å². The molecule has 0 amide bonds. The lowest BCUT2D eigenvalue weighted by Crippen LogP contribution is -2.29. The number of rotatable bonds is 3. The zero-order valence-electron chi connectivity index (χ0n) is 40.6. The predicted molar refractivity (Wildman–Crippen MR) is 300 cm³/mol. The van der Waals surface area contributed by atoms with Gasteiger partial charge in [-0.25, -0.2) is 0 Å². The fourth-order valence-electron chi connectivity index (χ4n) is 14.1. The van der Waals surface area contributed by atoms with Crippen molar-refractivity contribution in [2.75, 3.05) is 4.90 Å². The molecular weight excluding hydrogens is 883 g/mol. The first-order chi connectivity index (χ1) is 36.0. The molecule has 2 nitrogen and oxygen atoms in total. The van der Waals surface area contributed by atoms with Crippen LogP contribution in [-0.4, -0.2) is 0 Å². The summed E-state index contributed by atoms with van der Waals surface area (Å²) in [6.45, 7) is 4.75. The lowest BCUT2D eigenvalue weighted by molar-refractivity contribution is 0.489. The molecule has 1 atom stereocenters. The van der Waals surface area contributed by atoms with E-state index in [2.05, 4.69) is 255 Å². The Morgan fingerprint density at radius 3 is 1.60 bits per heavy atom. The smallest absolute Gasteiger partial charge is 0.159 e. The van der Waals surface area contributed by atoms with E-state index in [0.29, 0.717) is 0 Å². The molecule has 11 aromatic carbocycles. The summed E-state index contributed by atoms with van der Waals surface area (Å²) in [6.07, 6.45) is 0.946. The van der Waals surface area contributed by atoms with Crippen molar-refractivity contribution in [2.24, 2.45) is 0 Å². The number of benzene rings is 11. The molecule has 0 saturated heterocycles. The van der Waals surface area contributed by atoms with Crippen LogP contribution in [0.2, 0.25) is 0 Å². The molecule has 1 spiro atoms. The van der Waals surface area contributed by atoms with E-state index < -0.39 is 5.41 Å². The number of nitrogens with zero attached hydrogens (tertiary/aromatic N) is 1. The van der Waals surface area contributed by atoms with E-state index in [1.165, 1.54) is 100 Å². The highest BCUT2D eigenvalue weighted by Crippen LogP contribution is 2.65. The maximum absolute atomic E-state index is 7.33. The van der Waals surface area contributed by atoms with Crippen LogP contribution in [0.3, 0.4) is 0 Å². The quantitative estimate of drug-likeness (QED) is 0.175. The molecule has 16 rings (SSSR count). The molecule has 1 aliphatic heterocycles. The van der Waals surface area contributed by atoms with Gasteiger partial charge in [0.15, 0.2) is 5.75 Å². The molecule has 0 N–H and O–H groups in total. The minimum Gasteiger partial charge on any atom is -0.454 e. The average Bonchev–Trinajstić information content (AvgIpc) is 3.99. The van der Waals surface area contributed by atoms with Crippen LogP contribution >= 0.6 is 0 Å². The first-order valence-corrected chi connectivity index (χ1v) is 25.7. The summed E-state index contributed by atoms with van der Waals surface area (Å²) < 4.78 is 7.33. The Morgan fingerprint density at radius 1 is 0.329 bits per heavy atom. The van der Waals surface area contributed by atoms with Crippen molar-refractivity contribution in [1.29, 1.82) is 0 Å². The van der Waals surface area contributed by atoms with E-state index in [9.17, 15) is 0 Å². The van der Waals surface area contributed by atoms with Gasteiger partial charge < -0.3 is 9.64 Å². The maximum Gasteiger partial charge on any atom is 0.159 e. The molecule has 342 valence electrons. The van der Waals surface area contributed by atoms with Gasteiger partial charge in [0.25, 0.3) is 0 Å². The SMILES string of the molecule is CC1(C)c2ccccc2-c2ccc(N(c3ccc4c(c3)-c3ccccc3-c3ccccc3C43c4ccccc4-c4c3ccc3c4-c4ccccc4C3)c3cccc4c3Oc3ccccc3-c3ccccc3-4)cc21. The number of anilines is 3. The van der Waals surface area contributed by atoms with E-state index >= 15 is 0 Å². The summed E-state index contributed by atoms with van der Waals surface area (Å²) >= 11 is 0. The van der Waals surface area contributed by atoms with Gasteiger partial charge in [-0.15, -0.1) is 0 Å². The van der Waals surface area contributed by atoms with Crippen molar-refractivity contribution < 1.29 is 4.74 Å². The molecule has 0 radical (unpaired) electrons. The third-order valence-corrected chi connectivity index (χ3v) is 17.1.